The van der Waals surface area contributed by atoms with Gasteiger partial charge in [-0.05, 0) is 67.8 Å². The first kappa shape index (κ1) is 29.5. The molecule has 3 aromatic rings. The minimum atomic E-state index is -4.16. The first-order valence-electron chi connectivity index (χ1n) is 12.2. The topological polar surface area (TPSA) is 86.8 Å². The molecule has 0 aliphatic carbocycles. The van der Waals surface area contributed by atoms with Crippen LogP contribution < -0.4 is 9.62 Å². The molecule has 0 aromatic heterocycles. The van der Waals surface area contributed by atoms with Crippen LogP contribution in [0.3, 0.4) is 0 Å². The molecule has 202 valence electrons. The van der Waals surface area contributed by atoms with Gasteiger partial charge in [0.15, 0.2) is 0 Å². The Morgan fingerprint density at radius 2 is 1.63 bits per heavy atom. The molecule has 0 unspecified atom stereocenters. The molecule has 38 heavy (non-hydrogen) atoms. The van der Waals surface area contributed by atoms with Gasteiger partial charge in [0, 0.05) is 23.1 Å². The Hall–Kier alpha value is -3.07. The van der Waals surface area contributed by atoms with Crippen LogP contribution in [-0.4, -0.2) is 44.3 Å². The van der Waals surface area contributed by atoms with Gasteiger partial charge in [0.1, 0.15) is 12.6 Å². The van der Waals surface area contributed by atoms with Crippen molar-refractivity contribution >= 4 is 50.7 Å². The number of rotatable bonds is 11. The number of amides is 2. The van der Waals surface area contributed by atoms with Crippen molar-refractivity contribution in [3.63, 3.8) is 0 Å². The van der Waals surface area contributed by atoms with Gasteiger partial charge in [-0.15, -0.1) is 0 Å². The standard InChI is InChI=1S/C28H31Cl2N3O4S/c1-4-15-31-28(35)21(3)32(18-22-9-8-10-23(29)16-22)27(34)19-33(26-17-24(30)14-13-20(26)2)38(36,37)25-11-6-5-7-12-25/h5-14,16-17,21H,4,15,18-19H2,1-3H3,(H,31,35)/t21-/m1/s1. The second-order valence-corrected chi connectivity index (χ2v) is 11.6. The Morgan fingerprint density at radius 3 is 2.29 bits per heavy atom. The van der Waals surface area contributed by atoms with Crippen molar-refractivity contribution in [2.75, 3.05) is 17.4 Å². The van der Waals surface area contributed by atoms with E-state index in [0.717, 1.165) is 10.7 Å². The number of aryl methyl sites for hydroxylation is 1. The number of nitrogens with zero attached hydrogens (tertiary/aromatic N) is 2. The molecular formula is C28H31Cl2N3O4S. The fourth-order valence-corrected chi connectivity index (χ4v) is 5.77. The van der Waals surface area contributed by atoms with Gasteiger partial charge >= 0.3 is 0 Å². The van der Waals surface area contributed by atoms with Crippen LogP contribution in [0.1, 0.15) is 31.4 Å². The zero-order chi connectivity index (χ0) is 27.9. The summed E-state index contributed by atoms with van der Waals surface area (Å²) in [6.07, 6.45) is 0.734. The van der Waals surface area contributed by atoms with Crippen molar-refractivity contribution in [2.24, 2.45) is 0 Å². The number of anilines is 1. The number of benzene rings is 3. The molecule has 0 saturated carbocycles. The van der Waals surface area contributed by atoms with Crippen LogP contribution in [0, 0.1) is 6.92 Å². The minimum absolute atomic E-state index is 0.0299. The number of carbonyl (C=O) groups is 2. The lowest BCUT2D eigenvalue weighted by molar-refractivity contribution is -0.139. The molecule has 0 radical (unpaired) electrons. The van der Waals surface area contributed by atoms with Crippen LogP contribution in [0.5, 0.6) is 0 Å². The van der Waals surface area contributed by atoms with E-state index in [0.29, 0.717) is 27.7 Å². The number of sulfonamides is 1. The molecule has 0 bridgehead atoms. The predicted octanol–water partition coefficient (Wildman–Crippen LogP) is 5.44. The molecule has 0 spiro atoms. The van der Waals surface area contributed by atoms with E-state index in [-0.39, 0.29) is 23.0 Å². The normalized spacial score (nSPS) is 12.0. The summed E-state index contributed by atoms with van der Waals surface area (Å²) in [6, 6.07) is 18.8. The van der Waals surface area contributed by atoms with E-state index < -0.39 is 28.5 Å². The Labute approximate surface area is 234 Å². The number of halogens is 2. The van der Waals surface area contributed by atoms with Gasteiger partial charge in [0.05, 0.1) is 10.6 Å². The van der Waals surface area contributed by atoms with Gasteiger partial charge in [-0.1, -0.05) is 66.5 Å². The van der Waals surface area contributed by atoms with Crippen LogP contribution in [0.2, 0.25) is 10.0 Å². The van der Waals surface area contributed by atoms with Crippen molar-refractivity contribution < 1.29 is 18.0 Å². The smallest absolute Gasteiger partial charge is 0.264 e. The second-order valence-electron chi connectivity index (χ2n) is 8.87. The second kappa shape index (κ2) is 13.1. The van der Waals surface area contributed by atoms with Gasteiger partial charge in [-0.3, -0.25) is 13.9 Å². The largest absolute Gasteiger partial charge is 0.354 e. The third-order valence-corrected chi connectivity index (χ3v) is 8.25. The molecule has 0 aliphatic rings. The lowest BCUT2D eigenvalue weighted by Crippen LogP contribution is -2.51. The van der Waals surface area contributed by atoms with Crippen LogP contribution >= 0.6 is 23.2 Å². The summed E-state index contributed by atoms with van der Waals surface area (Å²) < 4.78 is 28.7. The quantitative estimate of drug-likeness (QED) is 0.330. The van der Waals surface area contributed by atoms with Crippen LogP contribution in [0.25, 0.3) is 0 Å². The monoisotopic (exact) mass is 575 g/mol. The first-order valence-corrected chi connectivity index (χ1v) is 14.4. The highest BCUT2D eigenvalue weighted by atomic mass is 35.5. The van der Waals surface area contributed by atoms with Crippen molar-refractivity contribution in [1.82, 2.24) is 10.2 Å². The summed E-state index contributed by atoms with van der Waals surface area (Å²) >= 11 is 12.4. The van der Waals surface area contributed by atoms with Crippen LogP contribution in [0.15, 0.2) is 77.7 Å². The fourth-order valence-electron chi connectivity index (χ4n) is 3.89. The lowest BCUT2D eigenvalue weighted by Gasteiger charge is -2.32. The number of hydrogen-bond donors (Lipinski definition) is 1. The maximum absolute atomic E-state index is 13.9. The van der Waals surface area contributed by atoms with Crippen LogP contribution in [-0.2, 0) is 26.2 Å². The predicted molar refractivity (Wildman–Crippen MR) is 152 cm³/mol. The molecule has 0 fully saturated rings. The average Bonchev–Trinajstić information content (AvgIpc) is 2.90. The molecule has 0 saturated heterocycles. The Balaban J connectivity index is 2.05. The molecule has 3 rings (SSSR count). The third kappa shape index (κ3) is 7.28. The minimum Gasteiger partial charge on any atom is -0.354 e. The van der Waals surface area contributed by atoms with Gasteiger partial charge in [0.2, 0.25) is 11.8 Å². The van der Waals surface area contributed by atoms with Gasteiger partial charge < -0.3 is 10.2 Å². The number of nitrogens with one attached hydrogen (secondary N) is 1. The van der Waals surface area contributed by atoms with E-state index in [4.69, 9.17) is 23.2 Å². The summed E-state index contributed by atoms with van der Waals surface area (Å²) in [5, 5.41) is 3.63. The highest BCUT2D eigenvalue weighted by Crippen LogP contribution is 2.30. The Morgan fingerprint density at radius 1 is 0.947 bits per heavy atom. The maximum Gasteiger partial charge on any atom is 0.264 e. The number of hydrogen-bond acceptors (Lipinski definition) is 4. The Kier molecular flexibility index (Phi) is 10.2. The van der Waals surface area contributed by atoms with Crippen LogP contribution in [0.4, 0.5) is 5.69 Å². The van der Waals surface area contributed by atoms with E-state index in [2.05, 4.69) is 5.32 Å². The third-order valence-electron chi connectivity index (χ3n) is 6.01. The van der Waals surface area contributed by atoms with E-state index >= 15 is 0 Å². The van der Waals surface area contributed by atoms with E-state index in [9.17, 15) is 18.0 Å². The highest BCUT2D eigenvalue weighted by Gasteiger charge is 2.33. The molecule has 7 nitrogen and oxygen atoms in total. The number of carbonyl (C=O) groups excluding carboxylic acids is 2. The Bertz CT molecular complexity index is 1380. The SMILES string of the molecule is CCCNC(=O)[C@@H](C)N(Cc1cccc(Cl)c1)C(=O)CN(c1cc(Cl)ccc1C)S(=O)(=O)c1ccccc1. The molecular weight excluding hydrogens is 545 g/mol. The summed E-state index contributed by atoms with van der Waals surface area (Å²) in [5.74, 6) is -0.887. The molecule has 3 aromatic carbocycles. The summed E-state index contributed by atoms with van der Waals surface area (Å²) in [7, 11) is -4.16. The molecule has 0 heterocycles. The van der Waals surface area contributed by atoms with Crippen molar-refractivity contribution in [3.8, 4) is 0 Å². The summed E-state index contributed by atoms with van der Waals surface area (Å²) in [5.41, 5.74) is 1.61. The van der Waals surface area contributed by atoms with E-state index in [1.165, 1.54) is 23.1 Å². The molecule has 0 aliphatic heterocycles. The summed E-state index contributed by atoms with van der Waals surface area (Å²) in [4.78, 5) is 28.2. The van der Waals surface area contributed by atoms with E-state index in [1.807, 2.05) is 6.92 Å². The molecule has 1 atom stereocenters. The van der Waals surface area contributed by atoms with Crippen molar-refractivity contribution in [3.05, 3.63) is 94.0 Å². The van der Waals surface area contributed by atoms with Gasteiger partial charge in [0.25, 0.3) is 10.0 Å². The summed E-state index contributed by atoms with van der Waals surface area (Å²) in [6.45, 7) is 5.28. The molecule has 10 heteroatoms. The van der Waals surface area contributed by atoms with Gasteiger partial charge in [-0.2, -0.15) is 0 Å². The maximum atomic E-state index is 13.9. The average molecular weight is 577 g/mol. The molecule has 1 N–H and O–H groups in total. The zero-order valence-corrected chi connectivity index (χ0v) is 23.9. The lowest BCUT2D eigenvalue weighted by atomic mass is 10.1. The van der Waals surface area contributed by atoms with E-state index in [1.54, 1.807) is 68.4 Å². The van der Waals surface area contributed by atoms with Gasteiger partial charge in [-0.25, -0.2) is 8.42 Å². The van der Waals surface area contributed by atoms with Crippen molar-refractivity contribution in [2.45, 2.75) is 44.7 Å². The highest BCUT2D eigenvalue weighted by molar-refractivity contribution is 7.92. The first-order chi connectivity index (χ1) is 18.0. The zero-order valence-electron chi connectivity index (χ0n) is 21.5. The van der Waals surface area contributed by atoms with Crippen molar-refractivity contribution in [1.29, 1.82) is 0 Å². The molecule has 2 amide bonds. The fraction of sp³-hybridized carbons (Fsp3) is 0.286.